The number of rotatable bonds is 5. The summed E-state index contributed by atoms with van der Waals surface area (Å²) in [5, 5.41) is 2.71. The van der Waals surface area contributed by atoms with Crippen LogP contribution in [0, 0.1) is 0 Å². The van der Waals surface area contributed by atoms with Crippen LogP contribution in [0.4, 0.5) is 0 Å². The first-order valence-electron chi connectivity index (χ1n) is 10.2. The predicted molar refractivity (Wildman–Crippen MR) is 129 cm³/mol. The normalized spacial score (nSPS) is 12.0. The summed E-state index contributed by atoms with van der Waals surface area (Å²) >= 11 is 1.35. The Morgan fingerprint density at radius 3 is 2.52 bits per heavy atom. The van der Waals surface area contributed by atoms with Gasteiger partial charge in [0, 0.05) is 16.3 Å². The lowest BCUT2D eigenvalue weighted by molar-refractivity contribution is 0.0977. The van der Waals surface area contributed by atoms with Gasteiger partial charge < -0.3 is 4.74 Å². The van der Waals surface area contributed by atoms with Gasteiger partial charge in [0.2, 0.25) is 0 Å². The highest BCUT2D eigenvalue weighted by Crippen LogP contribution is 2.31. The summed E-state index contributed by atoms with van der Waals surface area (Å²) in [7, 11) is -2.82. The lowest BCUT2D eigenvalue weighted by Crippen LogP contribution is -2.31. The van der Waals surface area contributed by atoms with E-state index in [9.17, 15) is 13.2 Å². The number of aromatic nitrogens is 2. The molecule has 9 heteroatoms. The third-order valence-corrected chi connectivity index (χ3v) is 7.14. The van der Waals surface area contributed by atoms with Gasteiger partial charge in [-0.3, -0.25) is 4.79 Å². The van der Waals surface area contributed by atoms with Crippen LogP contribution < -0.4 is 9.46 Å². The summed E-state index contributed by atoms with van der Waals surface area (Å²) in [6, 6.07) is 15.6. The van der Waals surface area contributed by atoms with E-state index < -0.39 is 15.9 Å². The van der Waals surface area contributed by atoms with E-state index >= 15 is 0 Å². The molecule has 0 radical (unpaired) electrons. The van der Waals surface area contributed by atoms with Crippen molar-refractivity contribution < 1.29 is 17.9 Å². The Labute approximate surface area is 196 Å². The van der Waals surface area contributed by atoms with Gasteiger partial charge in [-0.2, -0.15) is 4.37 Å². The largest absolute Gasteiger partial charge is 0.495 e. The fourth-order valence-electron chi connectivity index (χ4n) is 3.44. The fourth-order valence-corrected chi connectivity index (χ4v) is 5.12. The number of hydrogen-bond acceptors (Lipinski definition) is 7. The van der Waals surface area contributed by atoms with Gasteiger partial charge in [-0.25, -0.2) is 18.1 Å². The van der Waals surface area contributed by atoms with Crippen molar-refractivity contribution in [3.05, 3.63) is 71.2 Å². The first kappa shape index (κ1) is 22.9. The van der Waals surface area contributed by atoms with Gasteiger partial charge in [-0.15, -0.1) is 0 Å². The van der Waals surface area contributed by atoms with E-state index in [0.29, 0.717) is 5.52 Å². The van der Waals surface area contributed by atoms with Gasteiger partial charge in [0.15, 0.2) is 0 Å². The number of ether oxygens (including phenoxy) is 1. The molecule has 0 aliphatic rings. The van der Waals surface area contributed by atoms with Crippen LogP contribution in [0.15, 0.2) is 64.9 Å². The lowest BCUT2D eigenvalue weighted by Gasteiger charge is -2.21. The molecule has 0 aliphatic heterocycles. The maximum Gasteiger partial charge on any atom is 0.283 e. The molecule has 0 aliphatic carbocycles. The Hall–Kier alpha value is -3.30. The number of hydrogen-bond donors (Lipinski definition) is 1. The van der Waals surface area contributed by atoms with Crippen molar-refractivity contribution in [2.24, 2.45) is 0 Å². The summed E-state index contributed by atoms with van der Waals surface area (Å²) in [5.74, 6) is -0.665. The Balaban J connectivity index is 1.68. The monoisotopic (exact) mass is 481 g/mol. The maximum atomic E-state index is 13.1. The molecule has 0 spiro atoms. The van der Waals surface area contributed by atoms with Gasteiger partial charge in [0.25, 0.3) is 15.9 Å². The van der Waals surface area contributed by atoms with Crippen molar-refractivity contribution in [3.63, 3.8) is 0 Å². The van der Waals surface area contributed by atoms with Crippen molar-refractivity contribution >= 4 is 38.4 Å². The number of benzene rings is 2. The van der Waals surface area contributed by atoms with Crippen LogP contribution in [0.5, 0.6) is 5.75 Å². The molecule has 33 heavy (non-hydrogen) atoms. The van der Waals surface area contributed by atoms with E-state index in [-0.39, 0.29) is 21.8 Å². The van der Waals surface area contributed by atoms with E-state index in [1.165, 1.54) is 30.8 Å². The van der Waals surface area contributed by atoms with Crippen LogP contribution in [0.3, 0.4) is 0 Å². The molecule has 4 aromatic rings. The topological polar surface area (TPSA) is 98.2 Å². The van der Waals surface area contributed by atoms with Crippen molar-refractivity contribution in [2.75, 3.05) is 7.11 Å². The Bertz CT molecular complexity index is 1440. The molecule has 0 unspecified atom stereocenters. The highest BCUT2D eigenvalue weighted by atomic mass is 32.2. The van der Waals surface area contributed by atoms with Crippen molar-refractivity contribution in [1.29, 1.82) is 0 Å². The number of fused-ring (bicyclic) bond motifs is 1. The van der Waals surface area contributed by atoms with Crippen LogP contribution in [0.1, 0.15) is 36.8 Å². The molecule has 1 N–H and O–H groups in total. The zero-order valence-corrected chi connectivity index (χ0v) is 20.3. The van der Waals surface area contributed by atoms with Gasteiger partial charge in [-0.05, 0) is 58.9 Å². The van der Waals surface area contributed by atoms with E-state index in [1.807, 2.05) is 50.4 Å². The van der Waals surface area contributed by atoms with Gasteiger partial charge in [0.05, 0.1) is 18.3 Å². The van der Waals surface area contributed by atoms with Gasteiger partial charge in [-0.1, -0.05) is 39.0 Å². The third kappa shape index (κ3) is 4.60. The molecule has 2 aromatic carbocycles. The van der Waals surface area contributed by atoms with Crippen molar-refractivity contribution in [1.82, 2.24) is 14.1 Å². The van der Waals surface area contributed by atoms with Crippen LogP contribution in [-0.2, 0) is 15.4 Å². The lowest BCUT2D eigenvalue weighted by atomic mass is 9.87. The van der Waals surface area contributed by atoms with Crippen LogP contribution in [-0.4, -0.2) is 30.8 Å². The van der Waals surface area contributed by atoms with Gasteiger partial charge in [0.1, 0.15) is 16.3 Å². The molecule has 170 valence electrons. The molecule has 4 rings (SSSR count). The third-order valence-electron chi connectivity index (χ3n) is 5.22. The minimum atomic E-state index is -4.20. The number of sulfonamides is 1. The number of methoxy groups -OCH3 is 1. The highest BCUT2D eigenvalue weighted by Gasteiger charge is 2.26. The van der Waals surface area contributed by atoms with Crippen LogP contribution >= 0.6 is 11.5 Å². The SMILES string of the molecule is COc1ccc(C(C)(C)C)cc1S(=O)(=O)NC(=O)c1ccc2c(-c3ccsn3)cccc2n1. The quantitative estimate of drug-likeness (QED) is 0.440. The van der Waals surface area contributed by atoms with E-state index in [2.05, 4.69) is 14.1 Å². The van der Waals surface area contributed by atoms with E-state index in [4.69, 9.17) is 4.74 Å². The summed E-state index contributed by atoms with van der Waals surface area (Å²) in [5.41, 5.74) is 2.79. The number of nitrogens with one attached hydrogen (secondary N) is 1. The summed E-state index contributed by atoms with van der Waals surface area (Å²) in [4.78, 5) is 17.2. The molecule has 0 saturated carbocycles. The second-order valence-electron chi connectivity index (χ2n) is 8.50. The van der Waals surface area contributed by atoms with Crippen molar-refractivity contribution in [2.45, 2.75) is 31.1 Å². The first-order valence-corrected chi connectivity index (χ1v) is 12.5. The zero-order chi connectivity index (χ0) is 23.8. The minimum Gasteiger partial charge on any atom is -0.495 e. The number of nitrogens with zero attached hydrogens (tertiary/aromatic N) is 2. The fraction of sp³-hybridized carbons (Fsp3) is 0.208. The highest BCUT2D eigenvalue weighted by molar-refractivity contribution is 7.90. The zero-order valence-electron chi connectivity index (χ0n) is 18.6. The molecule has 2 aromatic heterocycles. The minimum absolute atomic E-state index is 0.00699. The van der Waals surface area contributed by atoms with Crippen molar-refractivity contribution in [3.8, 4) is 17.0 Å². The number of carbonyl (C=O) groups excluding carboxylic acids is 1. The smallest absolute Gasteiger partial charge is 0.283 e. The van der Waals surface area contributed by atoms with Gasteiger partial charge >= 0.3 is 0 Å². The summed E-state index contributed by atoms with van der Waals surface area (Å²) < 4.78 is 37.9. The maximum absolute atomic E-state index is 13.1. The summed E-state index contributed by atoms with van der Waals surface area (Å²) in [6.45, 7) is 5.92. The summed E-state index contributed by atoms with van der Waals surface area (Å²) in [6.07, 6.45) is 0. The Morgan fingerprint density at radius 1 is 1.06 bits per heavy atom. The number of pyridine rings is 1. The molecule has 0 bridgehead atoms. The standard InChI is InChI=1S/C24H23N3O4S2/c1-24(2,3)15-8-11-21(31-4)22(14-15)33(29,30)27-23(28)20-10-9-17-16(19-12-13-32-26-19)6-5-7-18(17)25-20/h5-14H,1-4H3,(H,27,28). The second-order valence-corrected chi connectivity index (χ2v) is 10.8. The predicted octanol–water partition coefficient (Wildman–Crippen LogP) is 4.78. The molecular formula is C24H23N3O4S2. The average molecular weight is 482 g/mol. The van der Waals surface area contributed by atoms with Crippen LogP contribution in [0.25, 0.3) is 22.2 Å². The molecule has 2 heterocycles. The number of carbonyl (C=O) groups is 1. The molecule has 7 nitrogen and oxygen atoms in total. The molecule has 0 fully saturated rings. The first-order chi connectivity index (χ1) is 15.6. The second kappa shape index (κ2) is 8.57. The Morgan fingerprint density at radius 2 is 1.85 bits per heavy atom. The molecule has 0 atom stereocenters. The number of amides is 1. The van der Waals surface area contributed by atoms with E-state index in [1.54, 1.807) is 18.2 Å². The molecule has 0 saturated heterocycles. The average Bonchev–Trinajstić information content (AvgIpc) is 3.31. The molecular weight excluding hydrogens is 458 g/mol. The van der Waals surface area contributed by atoms with E-state index in [0.717, 1.165) is 22.2 Å². The molecule has 1 amide bonds. The Kier molecular flexibility index (Phi) is 5.94. The van der Waals surface area contributed by atoms with Crippen LogP contribution in [0.2, 0.25) is 0 Å².